The molecular weight excluding hydrogens is 287 g/mol. The molecule has 20 heavy (non-hydrogen) atoms. The number of nitrogens with zero attached hydrogens (tertiary/aromatic N) is 1. The number of pyridine rings is 1. The summed E-state index contributed by atoms with van der Waals surface area (Å²) in [6, 6.07) is 6.20. The highest BCUT2D eigenvalue weighted by atomic mass is 35.5. The molecular formula is C13H8ClFN2O3. The number of aromatic carboxylic acids is 1. The summed E-state index contributed by atoms with van der Waals surface area (Å²) < 4.78 is 13.5. The van der Waals surface area contributed by atoms with Crippen LogP contribution in [0.5, 0.6) is 0 Å². The Morgan fingerprint density at radius 1 is 1.25 bits per heavy atom. The molecule has 2 aromatic rings. The quantitative estimate of drug-likeness (QED) is 0.912. The van der Waals surface area contributed by atoms with Gasteiger partial charge in [0.2, 0.25) is 0 Å². The van der Waals surface area contributed by atoms with Gasteiger partial charge in [-0.25, -0.2) is 14.2 Å². The van der Waals surface area contributed by atoms with Gasteiger partial charge in [-0.1, -0.05) is 11.6 Å². The minimum absolute atomic E-state index is 0.156. The van der Waals surface area contributed by atoms with Crippen molar-refractivity contribution in [1.29, 1.82) is 0 Å². The minimum atomic E-state index is -1.18. The number of carbonyl (C=O) groups excluding carboxylic acids is 1. The fraction of sp³-hybridized carbons (Fsp3) is 0. The molecule has 0 aliphatic heterocycles. The lowest BCUT2D eigenvalue weighted by Crippen LogP contribution is -2.14. The van der Waals surface area contributed by atoms with Crippen LogP contribution in [0.15, 0.2) is 36.5 Å². The summed E-state index contributed by atoms with van der Waals surface area (Å²) in [5.74, 6) is -2.58. The number of nitrogens with one attached hydrogen (secondary N) is 1. The van der Waals surface area contributed by atoms with E-state index >= 15 is 0 Å². The third kappa shape index (κ3) is 3.10. The topological polar surface area (TPSA) is 79.3 Å². The molecule has 2 rings (SSSR count). The van der Waals surface area contributed by atoms with Crippen molar-refractivity contribution >= 4 is 29.2 Å². The van der Waals surface area contributed by atoms with Crippen LogP contribution in [0.25, 0.3) is 0 Å². The average molecular weight is 295 g/mol. The number of halogens is 2. The van der Waals surface area contributed by atoms with Gasteiger partial charge in [0.1, 0.15) is 11.5 Å². The molecule has 0 saturated heterocycles. The fourth-order valence-corrected chi connectivity index (χ4v) is 1.64. The van der Waals surface area contributed by atoms with E-state index in [1.54, 1.807) is 0 Å². The van der Waals surface area contributed by atoms with Gasteiger partial charge in [-0.3, -0.25) is 4.79 Å². The molecule has 102 valence electrons. The zero-order valence-electron chi connectivity index (χ0n) is 9.93. The molecule has 1 heterocycles. The molecule has 0 aliphatic carbocycles. The van der Waals surface area contributed by atoms with Gasteiger partial charge in [0.25, 0.3) is 5.91 Å². The van der Waals surface area contributed by atoms with Crippen LogP contribution < -0.4 is 5.32 Å². The molecule has 0 aliphatic rings. The molecule has 0 fully saturated rings. The van der Waals surface area contributed by atoms with Crippen molar-refractivity contribution < 1.29 is 19.1 Å². The first kappa shape index (κ1) is 14.0. The van der Waals surface area contributed by atoms with Crippen molar-refractivity contribution in [2.24, 2.45) is 0 Å². The Balaban J connectivity index is 2.19. The van der Waals surface area contributed by atoms with Crippen LogP contribution in [0, 0.1) is 5.82 Å². The SMILES string of the molecule is O=C(O)c1ccc(NC(=O)c2cc(Cl)ccc2F)cn1. The largest absolute Gasteiger partial charge is 0.477 e. The Hall–Kier alpha value is -2.47. The Kier molecular flexibility index (Phi) is 3.95. The maximum absolute atomic E-state index is 13.5. The number of carboxylic acids is 1. The summed E-state index contributed by atoms with van der Waals surface area (Å²) in [5.41, 5.74) is -0.115. The van der Waals surface area contributed by atoms with Crippen molar-refractivity contribution in [2.45, 2.75) is 0 Å². The molecule has 0 saturated carbocycles. The molecule has 2 N–H and O–H groups in total. The van der Waals surface area contributed by atoms with Crippen molar-refractivity contribution in [3.05, 3.63) is 58.6 Å². The number of carboxylic acid groups (broad SMARTS) is 1. The van der Waals surface area contributed by atoms with Gasteiger partial charge in [0, 0.05) is 5.02 Å². The third-order valence-corrected chi connectivity index (χ3v) is 2.65. The van der Waals surface area contributed by atoms with Crippen molar-refractivity contribution in [2.75, 3.05) is 5.32 Å². The van der Waals surface area contributed by atoms with Gasteiger partial charge in [0.15, 0.2) is 0 Å². The second-order valence-electron chi connectivity index (χ2n) is 3.82. The molecule has 0 radical (unpaired) electrons. The Labute approximate surface area is 118 Å². The number of rotatable bonds is 3. The van der Waals surface area contributed by atoms with E-state index in [-0.39, 0.29) is 22.0 Å². The Morgan fingerprint density at radius 2 is 2.00 bits per heavy atom. The minimum Gasteiger partial charge on any atom is -0.477 e. The van der Waals surface area contributed by atoms with Gasteiger partial charge < -0.3 is 10.4 Å². The van der Waals surface area contributed by atoms with Crippen molar-refractivity contribution in [3.63, 3.8) is 0 Å². The highest BCUT2D eigenvalue weighted by Gasteiger charge is 2.13. The van der Waals surface area contributed by atoms with Crippen LogP contribution >= 0.6 is 11.6 Å². The van der Waals surface area contributed by atoms with Crippen LogP contribution in [-0.4, -0.2) is 22.0 Å². The third-order valence-electron chi connectivity index (χ3n) is 2.41. The van der Waals surface area contributed by atoms with Crippen LogP contribution in [0.2, 0.25) is 5.02 Å². The summed E-state index contributed by atoms with van der Waals surface area (Å²) in [7, 11) is 0. The monoisotopic (exact) mass is 294 g/mol. The number of hydrogen-bond donors (Lipinski definition) is 2. The molecule has 1 aromatic heterocycles. The lowest BCUT2D eigenvalue weighted by atomic mass is 10.2. The normalized spacial score (nSPS) is 10.1. The molecule has 0 spiro atoms. The zero-order valence-corrected chi connectivity index (χ0v) is 10.7. The number of hydrogen-bond acceptors (Lipinski definition) is 3. The van der Waals surface area contributed by atoms with Crippen LogP contribution in [0.4, 0.5) is 10.1 Å². The second-order valence-corrected chi connectivity index (χ2v) is 4.25. The molecule has 1 amide bonds. The number of carbonyl (C=O) groups is 2. The summed E-state index contributed by atoms with van der Waals surface area (Å²) >= 11 is 5.70. The predicted octanol–water partition coefficient (Wildman–Crippen LogP) is 2.82. The second kappa shape index (κ2) is 5.66. The molecule has 0 unspecified atom stereocenters. The van der Waals surface area contributed by atoms with E-state index < -0.39 is 17.7 Å². The molecule has 0 bridgehead atoms. The highest BCUT2D eigenvalue weighted by Crippen LogP contribution is 2.16. The van der Waals surface area contributed by atoms with Gasteiger partial charge in [-0.15, -0.1) is 0 Å². The lowest BCUT2D eigenvalue weighted by Gasteiger charge is -2.06. The maximum atomic E-state index is 13.5. The number of amides is 1. The summed E-state index contributed by atoms with van der Waals surface area (Å²) in [6.07, 6.45) is 1.17. The van der Waals surface area contributed by atoms with Crippen molar-refractivity contribution in [3.8, 4) is 0 Å². The van der Waals surface area contributed by atoms with E-state index in [0.29, 0.717) is 0 Å². The fourth-order valence-electron chi connectivity index (χ4n) is 1.46. The van der Waals surface area contributed by atoms with Crippen LogP contribution in [-0.2, 0) is 0 Å². The lowest BCUT2D eigenvalue weighted by molar-refractivity contribution is 0.0690. The number of benzene rings is 1. The van der Waals surface area contributed by atoms with E-state index in [4.69, 9.17) is 16.7 Å². The van der Waals surface area contributed by atoms with Gasteiger partial charge in [-0.2, -0.15) is 0 Å². The van der Waals surface area contributed by atoms with E-state index in [2.05, 4.69) is 10.3 Å². The van der Waals surface area contributed by atoms with Gasteiger partial charge >= 0.3 is 5.97 Å². The molecule has 7 heteroatoms. The van der Waals surface area contributed by atoms with Gasteiger partial charge in [-0.05, 0) is 30.3 Å². The molecule has 1 aromatic carbocycles. The van der Waals surface area contributed by atoms with E-state index in [1.807, 2.05) is 0 Å². The van der Waals surface area contributed by atoms with E-state index in [1.165, 1.54) is 30.5 Å². The zero-order chi connectivity index (χ0) is 14.7. The first-order valence-electron chi connectivity index (χ1n) is 5.43. The van der Waals surface area contributed by atoms with Gasteiger partial charge in [0.05, 0.1) is 17.4 Å². The Bertz CT molecular complexity index is 674. The first-order chi connectivity index (χ1) is 9.47. The van der Waals surface area contributed by atoms with Crippen LogP contribution in [0.1, 0.15) is 20.8 Å². The molecule has 0 atom stereocenters. The number of aromatic nitrogens is 1. The van der Waals surface area contributed by atoms with Crippen LogP contribution in [0.3, 0.4) is 0 Å². The maximum Gasteiger partial charge on any atom is 0.354 e. The first-order valence-corrected chi connectivity index (χ1v) is 5.81. The van der Waals surface area contributed by atoms with E-state index in [0.717, 1.165) is 6.07 Å². The standard InChI is InChI=1S/C13H8ClFN2O3/c14-7-1-3-10(15)9(5-7)12(18)17-8-2-4-11(13(19)20)16-6-8/h1-6H,(H,17,18)(H,19,20). The summed E-state index contributed by atoms with van der Waals surface area (Å²) in [5, 5.41) is 11.3. The summed E-state index contributed by atoms with van der Waals surface area (Å²) in [4.78, 5) is 26.1. The highest BCUT2D eigenvalue weighted by molar-refractivity contribution is 6.31. The number of anilines is 1. The molecule has 5 nitrogen and oxygen atoms in total. The average Bonchev–Trinajstić information content (AvgIpc) is 2.42. The smallest absolute Gasteiger partial charge is 0.354 e. The predicted molar refractivity (Wildman–Crippen MR) is 70.6 cm³/mol. The Morgan fingerprint density at radius 3 is 2.60 bits per heavy atom. The van der Waals surface area contributed by atoms with E-state index in [9.17, 15) is 14.0 Å². The summed E-state index contributed by atoms with van der Waals surface area (Å²) in [6.45, 7) is 0. The van der Waals surface area contributed by atoms with Crippen molar-refractivity contribution in [1.82, 2.24) is 4.98 Å².